The fraction of sp³-hybridized carbons (Fsp3) is 0.333. The van der Waals surface area contributed by atoms with Gasteiger partial charge in [0, 0.05) is 23.2 Å². The summed E-state index contributed by atoms with van der Waals surface area (Å²) in [6, 6.07) is 6.87. The number of carboxylic acid groups (broad SMARTS) is 1. The molecular formula is C27H25F2N5O4S. The highest BCUT2D eigenvalue weighted by atomic mass is 32.2. The van der Waals surface area contributed by atoms with Gasteiger partial charge in [0.2, 0.25) is 0 Å². The largest absolute Gasteiger partial charge is 0.481 e. The van der Waals surface area contributed by atoms with Crippen LogP contribution in [0, 0.1) is 36.3 Å². The number of aromatic nitrogens is 4. The van der Waals surface area contributed by atoms with E-state index >= 15 is 0 Å². The fourth-order valence-corrected chi connectivity index (χ4v) is 7.33. The summed E-state index contributed by atoms with van der Waals surface area (Å²) in [5.74, 6) is -3.24. The Morgan fingerprint density at radius 1 is 1.05 bits per heavy atom. The Morgan fingerprint density at radius 3 is 2.44 bits per heavy atom. The summed E-state index contributed by atoms with van der Waals surface area (Å²) < 4.78 is 57.1. The first-order valence-electron chi connectivity index (χ1n) is 12.6. The van der Waals surface area contributed by atoms with Crippen LogP contribution in [0.15, 0.2) is 53.8 Å². The summed E-state index contributed by atoms with van der Waals surface area (Å²) in [5.41, 5.74) is 0.976. The number of benzene rings is 1. The maximum atomic E-state index is 14.9. The Hall–Kier alpha value is -3.93. The van der Waals surface area contributed by atoms with E-state index in [0.29, 0.717) is 0 Å². The van der Waals surface area contributed by atoms with Crippen molar-refractivity contribution in [2.45, 2.75) is 43.5 Å². The van der Waals surface area contributed by atoms with Crippen molar-refractivity contribution >= 4 is 32.8 Å². The Bertz CT molecular complexity index is 1700. The molecule has 2 bridgehead atoms. The summed E-state index contributed by atoms with van der Waals surface area (Å²) in [7, 11) is -4.12. The molecule has 3 aliphatic rings. The smallest absolute Gasteiger partial charge is 0.308 e. The Kier molecular flexibility index (Phi) is 6.09. The molecule has 39 heavy (non-hydrogen) atoms. The minimum Gasteiger partial charge on any atom is -0.481 e. The lowest BCUT2D eigenvalue weighted by atomic mass is 9.61. The first kappa shape index (κ1) is 25.4. The van der Waals surface area contributed by atoms with Crippen molar-refractivity contribution in [1.29, 1.82) is 0 Å². The number of hydrogen-bond donors (Lipinski definition) is 2. The zero-order valence-electron chi connectivity index (χ0n) is 20.9. The van der Waals surface area contributed by atoms with E-state index in [9.17, 15) is 27.1 Å². The lowest BCUT2D eigenvalue weighted by molar-refractivity contribution is -0.148. The van der Waals surface area contributed by atoms with Crippen LogP contribution in [0.1, 0.15) is 31.2 Å². The van der Waals surface area contributed by atoms with Crippen molar-refractivity contribution in [2.75, 3.05) is 5.32 Å². The number of pyridine rings is 1. The molecule has 3 heterocycles. The highest BCUT2D eigenvalue weighted by molar-refractivity contribution is 7.90. The minimum atomic E-state index is -4.12. The number of fused-ring (bicyclic) bond motifs is 4. The normalized spacial score (nSPS) is 22.7. The molecule has 4 aromatic rings. The molecule has 0 radical (unpaired) electrons. The molecule has 0 spiro atoms. The quantitative estimate of drug-likeness (QED) is 0.354. The van der Waals surface area contributed by atoms with Crippen LogP contribution >= 0.6 is 0 Å². The Morgan fingerprint density at radius 2 is 1.74 bits per heavy atom. The molecule has 0 aliphatic heterocycles. The van der Waals surface area contributed by atoms with E-state index in [4.69, 9.17) is 0 Å². The van der Waals surface area contributed by atoms with Gasteiger partial charge in [-0.05, 0) is 62.6 Å². The standard InChI is InChI=1S/C27H25F2N5O4S/c1-14-2-8-18(9-3-14)39(37,38)34-13-20(19-10-17(28)11-31-26(19)34)24-30-12-21(29)25(33-24)32-23-16-6-4-15(5-7-16)22(23)27(35)36/h2-3,8-13,15-16,22-23H,4-7H2,1H3,(H,35,36)(H,30,32,33)/t15?,16?,22-,23?/m0/s1. The van der Waals surface area contributed by atoms with E-state index in [0.717, 1.165) is 53.7 Å². The van der Waals surface area contributed by atoms with Gasteiger partial charge < -0.3 is 10.4 Å². The summed E-state index contributed by atoms with van der Waals surface area (Å²) in [5, 5.41) is 13.0. The highest BCUT2D eigenvalue weighted by Gasteiger charge is 2.47. The second kappa shape index (κ2) is 9.37. The second-order valence-electron chi connectivity index (χ2n) is 10.3. The number of halogens is 2. The molecule has 12 heteroatoms. The molecule has 0 saturated heterocycles. The van der Waals surface area contributed by atoms with Crippen LogP contribution in [0.25, 0.3) is 22.4 Å². The molecular weight excluding hydrogens is 528 g/mol. The Balaban J connectivity index is 1.44. The average Bonchev–Trinajstić information content (AvgIpc) is 3.30. The predicted molar refractivity (Wildman–Crippen MR) is 138 cm³/mol. The number of hydrogen-bond acceptors (Lipinski definition) is 7. The van der Waals surface area contributed by atoms with Crippen molar-refractivity contribution < 1.29 is 27.1 Å². The maximum absolute atomic E-state index is 14.9. The molecule has 2 N–H and O–H groups in total. The first-order chi connectivity index (χ1) is 18.6. The van der Waals surface area contributed by atoms with Gasteiger partial charge in [-0.15, -0.1) is 0 Å². The lowest BCUT2D eigenvalue weighted by Crippen LogP contribution is -2.51. The molecule has 3 aliphatic carbocycles. The van der Waals surface area contributed by atoms with Crippen molar-refractivity contribution in [2.24, 2.45) is 17.8 Å². The van der Waals surface area contributed by atoms with Gasteiger partial charge in [-0.3, -0.25) is 4.79 Å². The molecule has 1 unspecified atom stereocenters. The van der Waals surface area contributed by atoms with E-state index < -0.39 is 39.6 Å². The van der Waals surface area contributed by atoms with Crippen molar-refractivity contribution in [3.63, 3.8) is 0 Å². The summed E-state index contributed by atoms with van der Waals surface area (Å²) in [6.07, 6.45) is 6.44. The molecule has 7 rings (SSSR count). The van der Waals surface area contributed by atoms with Crippen molar-refractivity contribution in [3.05, 3.63) is 66.1 Å². The third-order valence-electron chi connectivity index (χ3n) is 7.95. The zero-order valence-corrected chi connectivity index (χ0v) is 21.7. The van der Waals surface area contributed by atoms with E-state index in [-0.39, 0.29) is 45.0 Å². The van der Waals surface area contributed by atoms with Gasteiger partial charge in [0.15, 0.2) is 23.1 Å². The molecule has 9 nitrogen and oxygen atoms in total. The number of nitrogens with zero attached hydrogens (tertiary/aromatic N) is 4. The van der Waals surface area contributed by atoms with Crippen LogP contribution in [0.2, 0.25) is 0 Å². The van der Waals surface area contributed by atoms with Crippen LogP contribution < -0.4 is 5.32 Å². The molecule has 202 valence electrons. The predicted octanol–water partition coefficient (Wildman–Crippen LogP) is 4.62. The summed E-state index contributed by atoms with van der Waals surface area (Å²) in [6.45, 7) is 1.83. The third kappa shape index (κ3) is 4.32. The molecule has 3 fully saturated rings. The van der Waals surface area contributed by atoms with Gasteiger partial charge in [-0.25, -0.2) is 36.1 Å². The monoisotopic (exact) mass is 553 g/mol. The zero-order chi connectivity index (χ0) is 27.5. The lowest BCUT2D eigenvalue weighted by Gasteiger charge is -2.47. The number of aryl methyl sites for hydroxylation is 1. The van der Waals surface area contributed by atoms with E-state index in [1.54, 1.807) is 12.1 Å². The fourth-order valence-electron chi connectivity index (χ4n) is 6.01. The molecule has 3 saturated carbocycles. The molecule has 0 amide bonds. The minimum absolute atomic E-state index is 0.00775. The number of rotatable bonds is 6. The van der Waals surface area contributed by atoms with Crippen molar-refractivity contribution in [3.8, 4) is 11.4 Å². The van der Waals surface area contributed by atoms with Gasteiger partial charge in [0.1, 0.15) is 5.82 Å². The van der Waals surface area contributed by atoms with Gasteiger partial charge in [0.25, 0.3) is 10.0 Å². The summed E-state index contributed by atoms with van der Waals surface area (Å²) >= 11 is 0. The topological polar surface area (TPSA) is 127 Å². The van der Waals surface area contributed by atoms with E-state index in [1.165, 1.54) is 18.3 Å². The van der Waals surface area contributed by atoms with Crippen molar-refractivity contribution in [1.82, 2.24) is 18.9 Å². The van der Waals surface area contributed by atoms with Gasteiger partial charge in [-0.2, -0.15) is 0 Å². The first-order valence-corrected chi connectivity index (χ1v) is 14.1. The second-order valence-corrected chi connectivity index (χ2v) is 12.1. The SMILES string of the molecule is Cc1ccc(S(=O)(=O)n2cc(-c3ncc(F)c(NC4C5CCC(CC5)[C@@H]4C(=O)O)n3)c3cc(F)cnc32)cc1. The van der Waals surface area contributed by atoms with Gasteiger partial charge in [-0.1, -0.05) is 17.7 Å². The van der Waals surface area contributed by atoms with Crippen LogP contribution in [0.5, 0.6) is 0 Å². The summed E-state index contributed by atoms with van der Waals surface area (Å²) in [4.78, 5) is 24.5. The highest BCUT2D eigenvalue weighted by Crippen LogP contribution is 2.46. The van der Waals surface area contributed by atoms with E-state index in [2.05, 4.69) is 20.3 Å². The number of aliphatic carboxylic acids is 1. The van der Waals surface area contributed by atoms with Gasteiger partial charge >= 0.3 is 5.97 Å². The average molecular weight is 554 g/mol. The number of carboxylic acids is 1. The molecule has 2 atom stereocenters. The van der Waals surface area contributed by atoms with E-state index in [1.807, 2.05) is 6.92 Å². The van der Waals surface area contributed by atoms with Gasteiger partial charge in [0.05, 0.1) is 23.2 Å². The third-order valence-corrected chi connectivity index (χ3v) is 9.61. The van der Waals surface area contributed by atoms with Crippen LogP contribution in [0.4, 0.5) is 14.6 Å². The molecule has 3 aromatic heterocycles. The number of anilines is 1. The van der Waals surface area contributed by atoms with Crippen LogP contribution in [-0.4, -0.2) is 44.5 Å². The number of nitrogens with one attached hydrogen (secondary N) is 1. The van der Waals surface area contributed by atoms with Crippen LogP contribution in [-0.2, 0) is 14.8 Å². The Labute approximate surface area is 223 Å². The number of carbonyl (C=O) groups is 1. The maximum Gasteiger partial charge on any atom is 0.308 e. The van der Waals surface area contributed by atoms with Crippen LogP contribution in [0.3, 0.4) is 0 Å². The molecule has 1 aromatic carbocycles.